The first-order chi connectivity index (χ1) is 14.5. The van der Waals surface area contributed by atoms with Crippen LogP contribution in [0.2, 0.25) is 5.02 Å². The highest BCUT2D eigenvalue weighted by atomic mass is 35.5. The van der Waals surface area contributed by atoms with Gasteiger partial charge in [-0.3, -0.25) is 9.59 Å². The summed E-state index contributed by atoms with van der Waals surface area (Å²) in [6, 6.07) is 23.2. The summed E-state index contributed by atoms with van der Waals surface area (Å²) >= 11 is 6.17. The lowest BCUT2D eigenvalue weighted by molar-refractivity contribution is -0.124. The van der Waals surface area contributed by atoms with Crippen molar-refractivity contribution in [2.45, 2.75) is 13.0 Å². The average molecular weight is 421 g/mol. The molecule has 4 rings (SSSR count). The van der Waals surface area contributed by atoms with Crippen LogP contribution in [0, 0.1) is 0 Å². The minimum atomic E-state index is -0.581. The lowest BCUT2D eigenvalue weighted by atomic mass is 10.1. The average Bonchev–Trinajstić information content (AvgIpc) is 2.77. The van der Waals surface area contributed by atoms with E-state index in [0.29, 0.717) is 29.4 Å². The summed E-state index contributed by atoms with van der Waals surface area (Å²) in [6.07, 6.45) is 0. The molecule has 0 aromatic heterocycles. The normalized spacial score (nSPS) is 16.5. The fourth-order valence-electron chi connectivity index (χ4n) is 3.51. The van der Waals surface area contributed by atoms with Gasteiger partial charge in [0.15, 0.2) is 0 Å². The van der Waals surface area contributed by atoms with E-state index < -0.39 is 6.04 Å². The molecule has 2 amide bonds. The number of ether oxygens (including phenoxy) is 1. The first-order valence-electron chi connectivity index (χ1n) is 9.74. The number of benzene rings is 3. The molecule has 1 heterocycles. The van der Waals surface area contributed by atoms with Gasteiger partial charge in [-0.1, -0.05) is 41.9 Å². The first kappa shape index (κ1) is 20.0. The summed E-state index contributed by atoms with van der Waals surface area (Å²) in [6.45, 7) is 2.59. The molecule has 6 heteroatoms. The molecule has 1 saturated heterocycles. The quantitative estimate of drug-likeness (QED) is 0.596. The van der Waals surface area contributed by atoms with E-state index in [-0.39, 0.29) is 11.8 Å². The van der Waals surface area contributed by atoms with E-state index in [1.54, 1.807) is 41.0 Å². The number of rotatable bonds is 4. The predicted molar refractivity (Wildman–Crippen MR) is 117 cm³/mol. The highest BCUT2D eigenvalue weighted by molar-refractivity contribution is 6.33. The van der Waals surface area contributed by atoms with Crippen LogP contribution in [0.25, 0.3) is 0 Å². The van der Waals surface area contributed by atoms with Crippen molar-refractivity contribution in [1.82, 2.24) is 4.90 Å². The van der Waals surface area contributed by atoms with Gasteiger partial charge in [-0.15, -0.1) is 0 Å². The number of para-hydroxylation sites is 1. The third-order valence-corrected chi connectivity index (χ3v) is 5.48. The summed E-state index contributed by atoms with van der Waals surface area (Å²) in [7, 11) is 0. The highest BCUT2D eigenvalue weighted by Crippen LogP contribution is 2.27. The molecular formula is C24H21ClN2O3. The smallest absolute Gasteiger partial charge is 0.256 e. The third-order valence-electron chi connectivity index (χ3n) is 5.15. The Hall–Kier alpha value is -3.31. The summed E-state index contributed by atoms with van der Waals surface area (Å²) in [4.78, 5) is 29.2. The molecule has 3 aromatic carbocycles. The maximum absolute atomic E-state index is 13.0. The van der Waals surface area contributed by atoms with Crippen LogP contribution < -0.4 is 9.64 Å². The molecule has 1 aliphatic rings. The number of amides is 2. The van der Waals surface area contributed by atoms with Crippen molar-refractivity contribution in [2.24, 2.45) is 0 Å². The third kappa shape index (κ3) is 4.02. The van der Waals surface area contributed by atoms with E-state index in [9.17, 15) is 9.59 Å². The van der Waals surface area contributed by atoms with Crippen LogP contribution in [0.3, 0.4) is 0 Å². The maximum Gasteiger partial charge on any atom is 0.256 e. The number of halogens is 1. The van der Waals surface area contributed by atoms with Gasteiger partial charge in [0.1, 0.15) is 17.5 Å². The van der Waals surface area contributed by atoms with Gasteiger partial charge in [0, 0.05) is 18.8 Å². The Labute approximate surface area is 180 Å². The van der Waals surface area contributed by atoms with Crippen molar-refractivity contribution >= 4 is 29.1 Å². The Morgan fingerprint density at radius 2 is 1.53 bits per heavy atom. The molecule has 0 radical (unpaired) electrons. The summed E-state index contributed by atoms with van der Waals surface area (Å²) in [5, 5.41) is 0.388. The Morgan fingerprint density at radius 3 is 2.23 bits per heavy atom. The number of piperazine rings is 1. The van der Waals surface area contributed by atoms with Gasteiger partial charge >= 0.3 is 0 Å². The van der Waals surface area contributed by atoms with Gasteiger partial charge in [-0.25, -0.2) is 0 Å². The zero-order valence-corrected chi connectivity index (χ0v) is 17.3. The van der Waals surface area contributed by atoms with Crippen LogP contribution in [-0.2, 0) is 4.79 Å². The lowest BCUT2D eigenvalue weighted by Crippen LogP contribution is -2.57. The number of carbonyl (C=O) groups is 2. The Morgan fingerprint density at radius 1 is 0.900 bits per heavy atom. The van der Waals surface area contributed by atoms with Crippen molar-refractivity contribution in [3.63, 3.8) is 0 Å². The second-order valence-corrected chi connectivity index (χ2v) is 7.46. The van der Waals surface area contributed by atoms with Gasteiger partial charge in [-0.2, -0.15) is 0 Å². The molecule has 3 aromatic rings. The SMILES string of the molecule is C[C@H]1C(=O)N(c2ccc(Oc3ccccc3)cc2)CCN1C(=O)c1ccccc1Cl. The number of hydrogen-bond acceptors (Lipinski definition) is 3. The largest absolute Gasteiger partial charge is 0.457 e. The molecule has 0 spiro atoms. The first-order valence-corrected chi connectivity index (χ1v) is 10.1. The molecule has 0 unspecified atom stereocenters. The molecule has 1 fully saturated rings. The fraction of sp³-hybridized carbons (Fsp3) is 0.167. The van der Waals surface area contributed by atoms with E-state index in [4.69, 9.17) is 16.3 Å². The maximum atomic E-state index is 13.0. The molecule has 0 saturated carbocycles. The molecule has 30 heavy (non-hydrogen) atoms. The summed E-state index contributed by atoms with van der Waals surface area (Å²) in [5.41, 5.74) is 1.19. The van der Waals surface area contributed by atoms with Crippen LogP contribution in [0.15, 0.2) is 78.9 Å². The monoisotopic (exact) mass is 420 g/mol. The standard InChI is InChI=1S/C24H21ClN2O3/c1-17-23(28)27(16-15-26(17)24(29)21-9-5-6-10-22(21)25)18-11-13-20(14-12-18)30-19-7-3-2-4-8-19/h2-14,17H,15-16H2,1H3/t17-/m0/s1. The van der Waals surface area contributed by atoms with Gasteiger partial charge < -0.3 is 14.5 Å². The van der Waals surface area contributed by atoms with Crippen LogP contribution in [-0.4, -0.2) is 35.8 Å². The van der Waals surface area contributed by atoms with E-state index in [2.05, 4.69) is 0 Å². The van der Waals surface area contributed by atoms with Crippen LogP contribution in [0.5, 0.6) is 11.5 Å². The van der Waals surface area contributed by atoms with Gasteiger partial charge in [0.2, 0.25) is 5.91 Å². The van der Waals surface area contributed by atoms with Gasteiger partial charge in [0.25, 0.3) is 5.91 Å². The minimum absolute atomic E-state index is 0.126. The van der Waals surface area contributed by atoms with E-state index in [1.807, 2.05) is 54.6 Å². The molecule has 5 nitrogen and oxygen atoms in total. The van der Waals surface area contributed by atoms with Crippen molar-refractivity contribution in [2.75, 3.05) is 18.0 Å². The lowest BCUT2D eigenvalue weighted by Gasteiger charge is -2.39. The van der Waals surface area contributed by atoms with Crippen molar-refractivity contribution in [3.8, 4) is 11.5 Å². The topological polar surface area (TPSA) is 49.9 Å². The number of carbonyl (C=O) groups excluding carboxylic acids is 2. The Bertz CT molecular complexity index is 1050. The number of hydrogen-bond donors (Lipinski definition) is 0. The van der Waals surface area contributed by atoms with Crippen LogP contribution >= 0.6 is 11.6 Å². The van der Waals surface area contributed by atoms with Crippen molar-refractivity contribution in [1.29, 1.82) is 0 Å². The number of anilines is 1. The minimum Gasteiger partial charge on any atom is -0.457 e. The zero-order valence-electron chi connectivity index (χ0n) is 16.5. The zero-order chi connectivity index (χ0) is 21.1. The second kappa shape index (κ2) is 8.59. The fourth-order valence-corrected chi connectivity index (χ4v) is 3.73. The molecular weight excluding hydrogens is 400 g/mol. The highest BCUT2D eigenvalue weighted by Gasteiger charge is 2.35. The van der Waals surface area contributed by atoms with Crippen molar-refractivity contribution < 1.29 is 14.3 Å². The van der Waals surface area contributed by atoms with Crippen LogP contribution in [0.4, 0.5) is 5.69 Å². The molecule has 1 atom stereocenters. The van der Waals surface area contributed by atoms with Gasteiger partial charge in [-0.05, 0) is 55.5 Å². The molecule has 0 N–H and O–H groups in total. The van der Waals surface area contributed by atoms with E-state index >= 15 is 0 Å². The second-order valence-electron chi connectivity index (χ2n) is 7.05. The van der Waals surface area contributed by atoms with Crippen LogP contribution in [0.1, 0.15) is 17.3 Å². The Kier molecular flexibility index (Phi) is 5.72. The molecule has 1 aliphatic heterocycles. The van der Waals surface area contributed by atoms with Crippen molar-refractivity contribution in [3.05, 3.63) is 89.4 Å². The number of nitrogens with zero attached hydrogens (tertiary/aromatic N) is 2. The summed E-state index contributed by atoms with van der Waals surface area (Å²) < 4.78 is 5.81. The van der Waals surface area contributed by atoms with E-state index in [1.165, 1.54) is 0 Å². The molecule has 152 valence electrons. The summed E-state index contributed by atoms with van der Waals surface area (Å²) in [5.74, 6) is 1.09. The molecule has 0 bridgehead atoms. The van der Waals surface area contributed by atoms with Gasteiger partial charge in [0.05, 0.1) is 10.6 Å². The molecule has 0 aliphatic carbocycles. The van der Waals surface area contributed by atoms with E-state index in [0.717, 1.165) is 11.4 Å². The Balaban J connectivity index is 1.46. The predicted octanol–water partition coefficient (Wildman–Crippen LogP) is 5.01.